The first kappa shape index (κ1) is 16.0. The van der Waals surface area contributed by atoms with Crippen LogP contribution in [0.3, 0.4) is 0 Å². The molecule has 1 aliphatic carbocycles. The number of likely N-dealkylation sites (N-methyl/N-ethyl adjacent to an activating group) is 1. The van der Waals surface area contributed by atoms with Crippen LogP contribution in [-0.2, 0) is 17.6 Å². The average Bonchev–Trinajstić information content (AvgIpc) is 2.51. The highest BCUT2D eigenvalue weighted by atomic mass is 16.4. The van der Waals surface area contributed by atoms with Crippen LogP contribution in [0.25, 0.3) is 0 Å². The molecule has 1 unspecified atom stereocenters. The molecule has 0 fully saturated rings. The summed E-state index contributed by atoms with van der Waals surface area (Å²) in [7, 11) is 0. The number of nitrogens with zero attached hydrogens (tertiary/aromatic N) is 1. The van der Waals surface area contributed by atoms with Gasteiger partial charge in [-0.25, -0.2) is 0 Å². The molecule has 0 spiro atoms. The van der Waals surface area contributed by atoms with Gasteiger partial charge in [-0.3, -0.25) is 4.79 Å². The zero-order chi connectivity index (χ0) is 15.3. The lowest BCUT2D eigenvalue weighted by atomic mass is 9.78. The first-order valence-electron chi connectivity index (χ1n) is 7.89. The second-order valence-corrected chi connectivity index (χ2v) is 5.79. The number of nitrogens with one attached hydrogen (secondary N) is 1. The van der Waals surface area contributed by atoms with Crippen molar-refractivity contribution >= 4 is 5.97 Å². The van der Waals surface area contributed by atoms with E-state index in [1.165, 1.54) is 11.1 Å². The SMILES string of the molecule is CCN(CC)CCNC1(C(=O)O)CCc2ccccc2C1. The molecule has 21 heavy (non-hydrogen) atoms. The monoisotopic (exact) mass is 290 g/mol. The average molecular weight is 290 g/mol. The van der Waals surface area contributed by atoms with Crippen LogP contribution in [0.15, 0.2) is 24.3 Å². The molecule has 116 valence electrons. The van der Waals surface area contributed by atoms with Crippen LogP contribution >= 0.6 is 0 Å². The van der Waals surface area contributed by atoms with E-state index < -0.39 is 11.5 Å². The first-order chi connectivity index (χ1) is 10.1. The molecule has 4 nitrogen and oxygen atoms in total. The summed E-state index contributed by atoms with van der Waals surface area (Å²) in [5.74, 6) is -0.725. The summed E-state index contributed by atoms with van der Waals surface area (Å²) in [5, 5.41) is 13.1. The van der Waals surface area contributed by atoms with E-state index in [0.29, 0.717) is 12.8 Å². The number of carboxylic acids is 1. The highest BCUT2D eigenvalue weighted by molar-refractivity contribution is 5.80. The molecule has 0 amide bonds. The molecule has 0 saturated carbocycles. The number of carbonyl (C=O) groups is 1. The molecular weight excluding hydrogens is 264 g/mol. The Morgan fingerprint density at radius 2 is 1.95 bits per heavy atom. The minimum Gasteiger partial charge on any atom is -0.480 e. The molecular formula is C17H26N2O2. The van der Waals surface area contributed by atoms with E-state index in [1.807, 2.05) is 12.1 Å². The van der Waals surface area contributed by atoms with E-state index >= 15 is 0 Å². The number of rotatable bonds is 7. The van der Waals surface area contributed by atoms with Crippen molar-refractivity contribution in [3.63, 3.8) is 0 Å². The smallest absolute Gasteiger partial charge is 0.324 e. The van der Waals surface area contributed by atoms with Crippen LogP contribution < -0.4 is 5.32 Å². The third kappa shape index (κ3) is 3.63. The number of hydrogen-bond acceptors (Lipinski definition) is 3. The maximum atomic E-state index is 11.8. The molecule has 1 aromatic carbocycles. The number of hydrogen-bond donors (Lipinski definition) is 2. The maximum Gasteiger partial charge on any atom is 0.324 e. The third-order valence-corrected chi connectivity index (χ3v) is 4.63. The molecule has 0 aromatic heterocycles. The van der Waals surface area contributed by atoms with Gasteiger partial charge in [0.25, 0.3) is 0 Å². The van der Waals surface area contributed by atoms with Crippen molar-refractivity contribution < 1.29 is 9.90 Å². The van der Waals surface area contributed by atoms with Gasteiger partial charge in [0.1, 0.15) is 5.54 Å². The Bertz CT molecular complexity index is 485. The summed E-state index contributed by atoms with van der Waals surface area (Å²) in [6.07, 6.45) is 2.08. The van der Waals surface area contributed by atoms with Crippen molar-refractivity contribution in [3.05, 3.63) is 35.4 Å². The highest BCUT2D eigenvalue weighted by Gasteiger charge is 2.40. The van der Waals surface area contributed by atoms with Gasteiger partial charge in [-0.2, -0.15) is 0 Å². The van der Waals surface area contributed by atoms with Gasteiger partial charge in [0.05, 0.1) is 0 Å². The van der Waals surface area contributed by atoms with Gasteiger partial charge in [0.2, 0.25) is 0 Å². The fraction of sp³-hybridized carbons (Fsp3) is 0.588. The Morgan fingerprint density at radius 1 is 1.29 bits per heavy atom. The molecule has 4 heteroatoms. The van der Waals surface area contributed by atoms with Crippen LogP contribution in [0.2, 0.25) is 0 Å². The quantitative estimate of drug-likeness (QED) is 0.806. The van der Waals surface area contributed by atoms with Gasteiger partial charge >= 0.3 is 5.97 Å². The second kappa shape index (κ2) is 7.05. The molecule has 0 heterocycles. The van der Waals surface area contributed by atoms with Crippen LogP contribution in [0, 0.1) is 0 Å². The summed E-state index contributed by atoms with van der Waals surface area (Å²) in [5.41, 5.74) is 1.66. The lowest BCUT2D eigenvalue weighted by Gasteiger charge is -2.36. The van der Waals surface area contributed by atoms with E-state index in [0.717, 1.165) is 32.6 Å². The Labute approximate surface area is 127 Å². The number of aliphatic carboxylic acids is 1. The largest absolute Gasteiger partial charge is 0.480 e. The van der Waals surface area contributed by atoms with Gasteiger partial charge < -0.3 is 15.3 Å². The molecule has 0 radical (unpaired) electrons. The van der Waals surface area contributed by atoms with Gasteiger partial charge in [-0.1, -0.05) is 38.1 Å². The van der Waals surface area contributed by atoms with Gasteiger partial charge in [-0.15, -0.1) is 0 Å². The molecule has 1 aliphatic rings. The van der Waals surface area contributed by atoms with Gasteiger partial charge in [0, 0.05) is 19.5 Å². The van der Waals surface area contributed by atoms with Crippen molar-refractivity contribution in [1.82, 2.24) is 10.2 Å². The number of carboxylic acid groups (broad SMARTS) is 1. The molecule has 2 N–H and O–H groups in total. The van der Waals surface area contributed by atoms with Gasteiger partial charge in [-0.05, 0) is 37.1 Å². The van der Waals surface area contributed by atoms with E-state index in [2.05, 4.69) is 36.2 Å². The lowest BCUT2D eigenvalue weighted by molar-refractivity contribution is -0.145. The van der Waals surface area contributed by atoms with Crippen molar-refractivity contribution in [2.45, 2.75) is 38.6 Å². The van der Waals surface area contributed by atoms with E-state index in [-0.39, 0.29) is 0 Å². The highest BCUT2D eigenvalue weighted by Crippen LogP contribution is 2.29. The lowest BCUT2D eigenvalue weighted by Crippen LogP contribution is -2.57. The summed E-state index contributed by atoms with van der Waals surface area (Å²) in [6.45, 7) is 7.88. The van der Waals surface area contributed by atoms with Crippen LogP contribution in [0.1, 0.15) is 31.4 Å². The zero-order valence-electron chi connectivity index (χ0n) is 13.1. The standard InChI is InChI=1S/C17H26N2O2/c1-3-19(4-2)12-11-18-17(16(20)21)10-9-14-7-5-6-8-15(14)13-17/h5-8,18H,3-4,9-13H2,1-2H3,(H,20,21). The minimum atomic E-state index is -0.804. The van der Waals surface area contributed by atoms with Crippen molar-refractivity contribution in [1.29, 1.82) is 0 Å². The number of aryl methyl sites for hydroxylation is 1. The maximum absolute atomic E-state index is 11.8. The topological polar surface area (TPSA) is 52.6 Å². The van der Waals surface area contributed by atoms with Crippen molar-refractivity contribution in [2.75, 3.05) is 26.2 Å². The van der Waals surface area contributed by atoms with E-state index in [4.69, 9.17) is 0 Å². The van der Waals surface area contributed by atoms with Crippen molar-refractivity contribution in [3.8, 4) is 0 Å². The Hall–Kier alpha value is -1.39. The predicted molar refractivity (Wildman–Crippen MR) is 84.6 cm³/mol. The van der Waals surface area contributed by atoms with Crippen LogP contribution in [0.5, 0.6) is 0 Å². The van der Waals surface area contributed by atoms with E-state index in [1.54, 1.807) is 0 Å². The first-order valence-corrected chi connectivity index (χ1v) is 7.89. The predicted octanol–water partition coefficient (Wildman–Crippen LogP) is 1.93. The summed E-state index contributed by atoms with van der Waals surface area (Å²) in [4.78, 5) is 14.1. The normalized spacial score (nSPS) is 21.3. The minimum absolute atomic E-state index is 0.580. The summed E-state index contributed by atoms with van der Waals surface area (Å²) >= 11 is 0. The fourth-order valence-electron chi connectivity index (χ4n) is 3.14. The molecule has 0 bridgehead atoms. The number of benzene rings is 1. The Kier molecular flexibility index (Phi) is 5.37. The molecule has 1 atom stereocenters. The molecule has 1 aromatic rings. The van der Waals surface area contributed by atoms with Gasteiger partial charge in [0.15, 0.2) is 0 Å². The summed E-state index contributed by atoms with van der Waals surface area (Å²) < 4.78 is 0. The van der Waals surface area contributed by atoms with E-state index in [9.17, 15) is 9.90 Å². The molecule has 0 aliphatic heterocycles. The molecule has 0 saturated heterocycles. The zero-order valence-corrected chi connectivity index (χ0v) is 13.1. The third-order valence-electron chi connectivity index (χ3n) is 4.63. The van der Waals surface area contributed by atoms with Crippen molar-refractivity contribution in [2.24, 2.45) is 0 Å². The Balaban J connectivity index is 2.04. The number of fused-ring (bicyclic) bond motifs is 1. The Morgan fingerprint density at radius 3 is 2.57 bits per heavy atom. The van der Waals surface area contributed by atoms with Crippen LogP contribution in [-0.4, -0.2) is 47.7 Å². The second-order valence-electron chi connectivity index (χ2n) is 5.79. The fourth-order valence-corrected chi connectivity index (χ4v) is 3.14. The summed E-state index contributed by atoms with van der Waals surface area (Å²) in [6, 6.07) is 8.18. The molecule has 2 rings (SSSR count). The van der Waals surface area contributed by atoms with Crippen LogP contribution in [0.4, 0.5) is 0 Å².